The molecule has 5 heteroatoms. The first-order chi connectivity index (χ1) is 14.7. The molecule has 5 nitrogen and oxygen atoms in total. The standard InChI is InChI=1S/C25H18N2O3/c28-24-11-4-5-16-27(24)18-22-14-15-23(30-22)25(29)26-21-10-6-9-20(17-21)13-12-19-7-2-1-3-8-19/h1-11,14-17H,18H2,(H,26,29). The van der Waals surface area contributed by atoms with Gasteiger partial charge < -0.3 is 14.3 Å². The summed E-state index contributed by atoms with van der Waals surface area (Å²) in [6.07, 6.45) is 1.67. The molecular weight excluding hydrogens is 376 g/mol. The monoisotopic (exact) mass is 394 g/mol. The molecule has 2 heterocycles. The third kappa shape index (κ3) is 4.75. The summed E-state index contributed by atoms with van der Waals surface area (Å²) in [5.41, 5.74) is 2.21. The highest BCUT2D eigenvalue weighted by atomic mass is 16.4. The second-order valence-corrected chi connectivity index (χ2v) is 6.58. The van der Waals surface area contributed by atoms with Gasteiger partial charge in [-0.25, -0.2) is 0 Å². The second kappa shape index (κ2) is 8.80. The minimum Gasteiger partial charge on any atom is -0.454 e. The van der Waals surface area contributed by atoms with Crippen LogP contribution in [0.3, 0.4) is 0 Å². The van der Waals surface area contributed by atoms with E-state index in [1.54, 1.807) is 42.6 Å². The first kappa shape index (κ1) is 19.0. The van der Waals surface area contributed by atoms with Crippen LogP contribution >= 0.6 is 0 Å². The van der Waals surface area contributed by atoms with Gasteiger partial charge in [-0.3, -0.25) is 9.59 Å². The van der Waals surface area contributed by atoms with Crippen LogP contribution in [0.2, 0.25) is 0 Å². The van der Waals surface area contributed by atoms with Crippen LogP contribution in [0, 0.1) is 11.8 Å². The van der Waals surface area contributed by atoms with Crippen molar-refractivity contribution >= 4 is 11.6 Å². The quantitative estimate of drug-likeness (QED) is 0.529. The first-order valence-corrected chi connectivity index (χ1v) is 9.40. The maximum Gasteiger partial charge on any atom is 0.291 e. The van der Waals surface area contributed by atoms with E-state index in [0.717, 1.165) is 11.1 Å². The minimum absolute atomic E-state index is 0.131. The molecule has 1 amide bonds. The number of rotatable bonds is 4. The molecule has 0 aliphatic rings. The molecule has 0 saturated carbocycles. The molecule has 0 unspecified atom stereocenters. The number of pyridine rings is 1. The number of amides is 1. The number of hydrogen-bond donors (Lipinski definition) is 1. The number of hydrogen-bond acceptors (Lipinski definition) is 3. The fourth-order valence-corrected chi connectivity index (χ4v) is 2.88. The Morgan fingerprint density at radius 2 is 1.63 bits per heavy atom. The normalized spacial score (nSPS) is 10.1. The Hall–Kier alpha value is -4.30. The summed E-state index contributed by atoms with van der Waals surface area (Å²) >= 11 is 0. The lowest BCUT2D eigenvalue weighted by atomic mass is 10.1. The Morgan fingerprint density at radius 1 is 0.867 bits per heavy atom. The topological polar surface area (TPSA) is 64.2 Å². The Bertz CT molecular complexity index is 1290. The van der Waals surface area contributed by atoms with E-state index >= 15 is 0 Å². The van der Waals surface area contributed by atoms with Gasteiger partial charge in [0.2, 0.25) is 0 Å². The Kier molecular flexibility index (Phi) is 5.59. The van der Waals surface area contributed by atoms with Gasteiger partial charge in [-0.1, -0.05) is 42.2 Å². The number of nitrogens with one attached hydrogen (secondary N) is 1. The van der Waals surface area contributed by atoms with Crippen molar-refractivity contribution in [2.75, 3.05) is 5.32 Å². The molecule has 1 N–H and O–H groups in total. The third-order valence-corrected chi connectivity index (χ3v) is 4.36. The molecule has 4 aromatic rings. The molecule has 4 rings (SSSR count). The summed E-state index contributed by atoms with van der Waals surface area (Å²) in [6.45, 7) is 0.261. The fourth-order valence-electron chi connectivity index (χ4n) is 2.88. The van der Waals surface area contributed by atoms with E-state index in [1.165, 1.54) is 10.6 Å². The number of anilines is 1. The number of furan rings is 1. The van der Waals surface area contributed by atoms with Crippen LogP contribution in [0.15, 0.2) is 100 Å². The zero-order valence-electron chi connectivity index (χ0n) is 16.0. The third-order valence-electron chi connectivity index (χ3n) is 4.36. The molecule has 0 fully saturated rings. The lowest BCUT2D eigenvalue weighted by molar-refractivity contribution is 0.0994. The van der Waals surface area contributed by atoms with Crippen molar-refractivity contribution in [3.05, 3.63) is 124 Å². The van der Waals surface area contributed by atoms with E-state index in [1.807, 2.05) is 42.5 Å². The largest absolute Gasteiger partial charge is 0.454 e. The second-order valence-electron chi connectivity index (χ2n) is 6.58. The number of aromatic nitrogens is 1. The predicted octanol–water partition coefficient (Wildman–Crippen LogP) is 4.14. The Morgan fingerprint density at radius 3 is 2.47 bits per heavy atom. The molecule has 2 aromatic carbocycles. The Balaban J connectivity index is 1.44. The van der Waals surface area contributed by atoms with Crippen LogP contribution in [0.4, 0.5) is 5.69 Å². The van der Waals surface area contributed by atoms with Crippen molar-refractivity contribution in [2.45, 2.75) is 6.54 Å². The van der Waals surface area contributed by atoms with E-state index in [9.17, 15) is 9.59 Å². The van der Waals surface area contributed by atoms with Crippen LogP contribution in [0.1, 0.15) is 27.4 Å². The lowest BCUT2D eigenvalue weighted by Crippen LogP contribution is -2.18. The van der Waals surface area contributed by atoms with Crippen LogP contribution in [-0.2, 0) is 6.54 Å². The molecule has 0 atom stereocenters. The molecule has 2 aromatic heterocycles. The van der Waals surface area contributed by atoms with Crippen molar-refractivity contribution in [3.8, 4) is 11.8 Å². The highest BCUT2D eigenvalue weighted by Gasteiger charge is 2.12. The van der Waals surface area contributed by atoms with Crippen LogP contribution in [0.25, 0.3) is 0 Å². The van der Waals surface area contributed by atoms with Gasteiger partial charge in [-0.2, -0.15) is 0 Å². The van der Waals surface area contributed by atoms with Crippen molar-refractivity contribution in [1.82, 2.24) is 4.57 Å². The predicted molar refractivity (Wildman–Crippen MR) is 115 cm³/mol. The van der Waals surface area contributed by atoms with Crippen molar-refractivity contribution < 1.29 is 9.21 Å². The van der Waals surface area contributed by atoms with Gasteiger partial charge in [-0.05, 0) is 48.5 Å². The van der Waals surface area contributed by atoms with Crippen LogP contribution < -0.4 is 10.9 Å². The van der Waals surface area contributed by atoms with E-state index < -0.39 is 0 Å². The van der Waals surface area contributed by atoms with E-state index in [-0.39, 0.29) is 23.8 Å². The summed E-state index contributed by atoms with van der Waals surface area (Å²) in [7, 11) is 0. The SMILES string of the molecule is O=C(Nc1cccc(C#Cc2ccccc2)c1)c1ccc(Cn2ccccc2=O)o1. The molecule has 146 valence electrons. The molecule has 0 spiro atoms. The molecule has 0 radical (unpaired) electrons. The average Bonchev–Trinajstić information content (AvgIpc) is 3.24. The summed E-state index contributed by atoms with van der Waals surface area (Å²) in [6, 6.07) is 25.2. The minimum atomic E-state index is -0.366. The van der Waals surface area contributed by atoms with Gasteiger partial charge in [0.15, 0.2) is 5.76 Å². The Labute approximate surface area is 173 Å². The van der Waals surface area contributed by atoms with Gasteiger partial charge >= 0.3 is 0 Å². The summed E-state index contributed by atoms with van der Waals surface area (Å²) in [5.74, 6) is 6.52. The van der Waals surface area contributed by atoms with Crippen molar-refractivity contribution in [1.29, 1.82) is 0 Å². The molecule has 0 bridgehead atoms. The molecule has 0 aliphatic heterocycles. The highest BCUT2D eigenvalue weighted by Crippen LogP contribution is 2.14. The van der Waals surface area contributed by atoms with E-state index in [0.29, 0.717) is 11.4 Å². The van der Waals surface area contributed by atoms with Crippen LogP contribution in [0.5, 0.6) is 0 Å². The van der Waals surface area contributed by atoms with Gasteiger partial charge in [0.1, 0.15) is 5.76 Å². The van der Waals surface area contributed by atoms with Gasteiger partial charge in [-0.15, -0.1) is 0 Å². The highest BCUT2D eigenvalue weighted by molar-refractivity contribution is 6.02. The average molecular weight is 394 g/mol. The molecular formula is C25H18N2O3. The number of carbonyl (C=O) groups excluding carboxylic acids is 1. The first-order valence-electron chi connectivity index (χ1n) is 9.40. The van der Waals surface area contributed by atoms with Gasteiger partial charge in [0.25, 0.3) is 11.5 Å². The van der Waals surface area contributed by atoms with Crippen LogP contribution in [-0.4, -0.2) is 10.5 Å². The number of carbonyl (C=O) groups is 1. The van der Waals surface area contributed by atoms with Crippen molar-refractivity contribution in [2.24, 2.45) is 0 Å². The number of benzene rings is 2. The fraction of sp³-hybridized carbons (Fsp3) is 0.0400. The van der Waals surface area contributed by atoms with E-state index in [2.05, 4.69) is 17.2 Å². The lowest BCUT2D eigenvalue weighted by Gasteiger charge is -2.04. The van der Waals surface area contributed by atoms with E-state index in [4.69, 9.17) is 4.42 Å². The molecule has 30 heavy (non-hydrogen) atoms. The zero-order chi connectivity index (χ0) is 20.8. The zero-order valence-corrected chi connectivity index (χ0v) is 16.0. The van der Waals surface area contributed by atoms with Gasteiger partial charge in [0.05, 0.1) is 6.54 Å². The maximum absolute atomic E-state index is 12.5. The summed E-state index contributed by atoms with van der Waals surface area (Å²) in [4.78, 5) is 24.3. The maximum atomic E-state index is 12.5. The van der Waals surface area contributed by atoms with Gasteiger partial charge in [0, 0.05) is 29.1 Å². The molecule has 0 saturated heterocycles. The number of nitrogens with zero attached hydrogens (tertiary/aromatic N) is 1. The molecule has 0 aliphatic carbocycles. The van der Waals surface area contributed by atoms with Crippen molar-refractivity contribution in [3.63, 3.8) is 0 Å². The smallest absolute Gasteiger partial charge is 0.291 e. The summed E-state index contributed by atoms with van der Waals surface area (Å²) < 4.78 is 7.12. The summed E-state index contributed by atoms with van der Waals surface area (Å²) in [5, 5.41) is 2.82.